The Morgan fingerprint density at radius 3 is 2.38 bits per heavy atom. The number of likely N-dealkylation sites (tertiary alicyclic amines) is 1. The molecule has 0 unspecified atom stereocenters. The molecule has 1 heteroatoms. The largest absolute Gasteiger partial charge is 0.300 e. The molecule has 0 aromatic heterocycles. The van der Waals surface area contributed by atoms with E-state index in [1.807, 2.05) is 0 Å². The van der Waals surface area contributed by atoms with Crippen LogP contribution in [0.25, 0.3) is 0 Å². The first-order valence-corrected chi connectivity index (χ1v) is 5.59. The van der Waals surface area contributed by atoms with Crippen molar-refractivity contribution in [3.63, 3.8) is 0 Å². The van der Waals surface area contributed by atoms with Crippen LogP contribution in [0.2, 0.25) is 0 Å². The standard InChI is InChI=1S/C12H23N/c1-11(2)12(3)7-10-13-8-5-4-6-9-13/h7,11H,4-6,8-10H2,1-3H3/b12-7+. The first-order chi connectivity index (χ1) is 6.20. The topological polar surface area (TPSA) is 3.24 Å². The van der Waals surface area contributed by atoms with Crippen LogP contribution in [0.3, 0.4) is 0 Å². The van der Waals surface area contributed by atoms with Crippen LogP contribution in [-0.2, 0) is 0 Å². The number of rotatable bonds is 3. The maximum atomic E-state index is 2.56. The van der Waals surface area contributed by atoms with Gasteiger partial charge in [-0.15, -0.1) is 0 Å². The van der Waals surface area contributed by atoms with Gasteiger partial charge in [0.1, 0.15) is 0 Å². The van der Waals surface area contributed by atoms with Gasteiger partial charge in [-0.25, -0.2) is 0 Å². The van der Waals surface area contributed by atoms with Crippen molar-refractivity contribution in [3.05, 3.63) is 11.6 Å². The second-order valence-corrected chi connectivity index (χ2v) is 4.46. The zero-order chi connectivity index (χ0) is 9.68. The van der Waals surface area contributed by atoms with E-state index in [2.05, 4.69) is 31.7 Å². The van der Waals surface area contributed by atoms with Crippen LogP contribution in [0.1, 0.15) is 40.0 Å². The zero-order valence-corrected chi connectivity index (χ0v) is 9.34. The molecule has 0 N–H and O–H groups in total. The van der Waals surface area contributed by atoms with E-state index in [0.29, 0.717) is 5.92 Å². The minimum atomic E-state index is 0.713. The Morgan fingerprint density at radius 1 is 1.23 bits per heavy atom. The second kappa shape index (κ2) is 5.43. The fourth-order valence-corrected chi connectivity index (χ4v) is 1.65. The van der Waals surface area contributed by atoms with E-state index in [0.717, 1.165) is 0 Å². The van der Waals surface area contributed by atoms with Crippen LogP contribution >= 0.6 is 0 Å². The van der Waals surface area contributed by atoms with Crippen molar-refractivity contribution in [2.45, 2.75) is 40.0 Å². The highest BCUT2D eigenvalue weighted by Gasteiger charge is 2.08. The fourth-order valence-electron chi connectivity index (χ4n) is 1.65. The lowest BCUT2D eigenvalue weighted by molar-refractivity contribution is 0.251. The van der Waals surface area contributed by atoms with Crippen LogP contribution in [-0.4, -0.2) is 24.5 Å². The van der Waals surface area contributed by atoms with E-state index in [1.54, 1.807) is 0 Å². The summed E-state index contributed by atoms with van der Waals surface area (Å²) in [5.74, 6) is 0.713. The number of piperidine rings is 1. The van der Waals surface area contributed by atoms with E-state index >= 15 is 0 Å². The van der Waals surface area contributed by atoms with Crippen molar-refractivity contribution >= 4 is 0 Å². The summed E-state index contributed by atoms with van der Waals surface area (Å²) in [4.78, 5) is 2.56. The molecule has 13 heavy (non-hydrogen) atoms. The summed E-state index contributed by atoms with van der Waals surface area (Å²) in [6, 6.07) is 0. The van der Waals surface area contributed by atoms with Gasteiger partial charge < -0.3 is 0 Å². The summed E-state index contributed by atoms with van der Waals surface area (Å²) in [5.41, 5.74) is 1.53. The Morgan fingerprint density at radius 2 is 1.85 bits per heavy atom. The summed E-state index contributed by atoms with van der Waals surface area (Å²) < 4.78 is 0. The van der Waals surface area contributed by atoms with Crippen molar-refractivity contribution in [3.8, 4) is 0 Å². The third-order valence-corrected chi connectivity index (χ3v) is 3.03. The van der Waals surface area contributed by atoms with Crippen LogP contribution < -0.4 is 0 Å². The smallest absolute Gasteiger partial charge is 0.0165 e. The summed E-state index contributed by atoms with van der Waals surface area (Å²) in [7, 11) is 0. The molecule has 0 aliphatic carbocycles. The average Bonchev–Trinajstić information content (AvgIpc) is 2.15. The SMILES string of the molecule is C/C(=C\CN1CCCCC1)C(C)C. The van der Waals surface area contributed by atoms with Crippen molar-refractivity contribution in [1.29, 1.82) is 0 Å². The molecule has 0 amide bonds. The lowest BCUT2D eigenvalue weighted by Crippen LogP contribution is -2.29. The van der Waals surface area contributed by atoms with E-state index < -0.39 is 0 Å². The second-order valence-electron chi connectivity index (χ2n) is 4.46. The van der Waals surface area contributed by atoms with Gasteiger partial charge in [0.15, 0.2) is 0 Å². The molecule has 1 aliphatic heterocycles. The molecule has 1 rings (SSSR count). The van der Waals surface area contributed by atoms with Crippen molar-refractivity contribution in [2.24, 2.45) is 5.92 Å². The molecule has 0 aromatic rings. The van der Waals surface area contributed by atoms with E-state index in [9.17, 15) is 0 Å². The van der Waals surface area contributed by atoms with Gasteiger partial charge >= 0.3 is 0 Å². The predicted octanol–water partition coefficient (Wildman–Crippen LogP) is 3.07. The molecule has 1 nitrogen and oxygen atoms in total. The van der Waals surface area contributed by atoms with E-state index in [-0.39, 0.29) is 0 Å². The van der Waals surface area contributed by atoms with E-state index in [1.165, 1.54) is 44.5 Å². The molecular formula is C12H23N. The number of hydrogen-bond donors (Lipinski definition) is 0. The monoisotopic (exact) mass is 181 g/mol. The Bertz CT molecular complexity index is 164. The van der Waals surface area contributed by atoms with Crippen LogP contribution in [0, 0.1) is 5.92 Å². The lowest BCUT2D eigenvalue weighted by Gasteiger charge is -2.25. The first-order valence-electron chi connectivity index (χ1n) is 5.59. The fraction of sp³-hybridized carbons (Fsp3) is 0.833. The normalized spacial score (nSPS) is 21.1. The maximum absolute atomic E-state index is 2.56. The molecule has 0 radical (unpaired) electrons. The molecule has 0 bridgehead atoms. The summed E-state index contributed by atoms with van der Waals surface area (Å²) in [6.07, 6.45) is 6.63. The summed E-state index contributed by atoms with van der Waals surface area (Å²) in [5, 5.41) is 0. The van der Waals surface area contributed by atoms with Crippen LogP contribution in [0.4, 0.5) is 0 Å². The van der Waals surface area contributed by atoms with Gasteiger partial charge in [-0.05, 0) is 38.8 Å². The van der Waals surface area contributed by atoms with Gasteiger partial charge in [-0.3, -0.25) is 4.90 Å². The molecule has 1 heterocycles. The van der Waals surface area contributed by atoms with Gasteiger partial charge in [0, 0.05) is 6.54 Å². The quantitative estimate of drug-likeness (QED) is 0.605. The molecule has 0 saturated carbocycles. The third kappa shape index (κ3) is 3.95. The summed E-state index contributed by atoms with van der Waals surface area (Å²) in [6.45, 7) is 10.6. The minimum Gasteiger partial charge on any atom is -0.300 e. The first kappa shape index (κ1) is 10.8. The average molecular weight is 181 g/mol. The van der Waals surface area contributed by atoms with Crippen LogP contribution in [0.15, 0.2) is 11.6 Å². The van der Waals surface area contributed by atoms with Gasteiger partial charge in [-0.1, -0.05) is 31.9 Å². The maximum Gasteiger partial charge on any atom is 0.0165 e. The highest BCUT2D eigenvalue weighted by atomic mass is 15.1. The van der Waals surface area contributed by atoms with Gasteiger partial charge in [-0.2, -0.15) is 0 Å². The highest BCUT2D eigenvalue weighted by Crippen LogP contribution is 2.11. The number of nitrogens with zero attached hydrogens (tertiary/aromatic N) is 1. The number of hydrogen-bond acceptors (Lipinski definition) is 1. The minimum absolute atomic E-state index is 0.713. The Hall–Kier alpha value is -0.300. The van der Waals surface area contributed by atoms with Crippen molar-refractivity contribution < 1.29 is 0 Å². The molecular weight excluding hydrogens is 158 g/mol. The molecule has 0 spiro atoms. The third-order valence-electron chi connectivity index (χ3n) is 3.03. The molecule has 1 aliphatic rings. The molecule has 1 saturated heterocycles. The molecule has 1 fully saturated rings. The Kier molecular flexibility index (Phi) is 4.51. The zero-order valence-electron chi connectivity index (χ0n) is 9.34. The lowest BCUT2D eigenvalue weighted by atomic mass is 10.0. The number of allylic oxidation sites excluding steroid dienone is 1. The highest BCUT2D eigenvalue weighted by molar-refractivity contribution is 5.02. The summed E-state index contributed by atoms with van der Waals surface area (Å²) >= 11 is 0. The van der Waals surface area contributed by atoms with Crippen molar-refractivity contribution in [2.75, 3.05) is 19.6 Å². The Balaban J connectivity index is 2.27. The Labute approximate surface area is 82.8 Å². The van der Waals surface area contributed by atoms with Gasteiger partial charge in [0.25, 0.3) is 0 Å². The molecule has 0 aromatic carbocycles. The molecule has 0 atom stereocenters. The van der Waals surface area contributed by atoms with Gasteiger partial charge in [0.05, 0.1) is 0 Å². The predicted molar refractivity (Wildman–Crippen MR) is 58.9 cm³/mol. The van der Waals surface area contributed by atoms with Crippen molar-refractivity contribution in [1.82, 2.24) is 4.90 Å². The van der Waals surface area contributed by atoms with Crippen LogP contribution in [0.5, 0.6) is 0 Å². The van der Waals surface area contributed by atoms with Gasteiger partial charge in [0.2, 0.25) is 0 Å². The van der Waals surface area contributed by atoms with E-state index in [4.69, 9.17) is 0 Å². The molecule has 76 valence electrons.